The summed E-state index contributed by atoms with van der Waals surface area (Å²) < 4.78 is 0. The van der Waals surface area contributed by atoms with Crippen molar-refractivity contribution in [1.29, 1.82) is 5.26 Å². The number of aliphatic hydroxyl groups is 1. The van der Waals surface area contributed by atoms with Crippen LogP contribution in [0, 0.1) is 11.3 Å². The fourth-order valence-corrected chi connectivity index (χ4v) is 1.64. The third-order valence-electron chi connectivity index (χ3n) is 1.85. The van der Waals surface area contributed by atoms with Crippen LogP contribution in [0.1, 0.15) is 19.4 Å². The molecule has 3 nitrogen and oxygen atoms in total. The highest BCUT2D eigenvalue weighted by Crippen LogP contribution is 2.22. The quantitative estimate of drug-likeness (QED) is 0.770. The van der Waals surface area contributed by atoms with Crippen molar-refractivity contribution in [3.63, 3.8) is 0 Å². The molecule has 0 aromatic carbocycles. The first kappa shape index (κ1) is 11.0. The minimum atomic E-state index is -0.363. The van der Waals surface area contributed by atoms with Crippen molar-refractivity contribution >= 4 is 11.8 Å². The lowest BCUT2D eigenvalue weighted by Gasteiger charge is -2.12. The van der Waals surface area contributed by atoms with Gasteiger partial charge in [-0.1, -0.05) is 6.92 Å². The number of hydrogen-bond acceptors (Lipinski definition) is 4. The maximum atomic E-state index is 9.28. The van der Waals surface area contributed by atoms with Gasteiger partial charge in [-0.05, 0) is 19.1 Å². The summed E-state index contributed by atoms with van der Waals surface area (Å²) in [7, 11) is 0. The fraction of sp³-hybridized carbons (Fsp3) is 0.400. The normalized spacial score (nSPS) is 14.4. The largest absolute Gasteiger partial charge is 0.392 e. The van der Waals surface area contributed by atoms with E-state index in [4.69, 9.17) is 5.26 Å². The van der Waals surface area contributed by atoms with Crippen LogP contribution in [0.2, 0.25) is 0 Å². The van der Waals surface area contributed by atoms with Gasteiger partial charge in [0.1, 0.15) is 6.07 Å². The Bertz CT molecular complexity index is 329. The molecular weight excluding hydrogens is 196 g/mol. The molecule has 0 amide bonds. The predicted molar refractivity (Wildman–Crippen MR) is 56.0 cm³/mol. The first-order valence-corrected chi connectivity index (χ1v) is 5.22. The molecule has 0 fully saturated rings. The molecule has 1 aromatic rings. The number of nitrogens with zero attached hydrogens (tertiary/aromatic N) is 2. The van der Waals surface area contributed by atoms with Gasteiger partial charge >= 0.3 is 0 Å². The average Bonchev–Trinajstić information content (AvgIpc) is 2.19. The van der Waals surface area contributed by atoms with Gasteiger partial charge in [0.15, 0.2) is 0 Å². The van der Waals surface area contributed by atoms with Crippen LogP contribution in [0.5, 0.6) is 0 Å². The van der Waals surface area contributed by atoms with Crippen LogP contribution in [-0.4, -0.2) is 21.4 Å². The average molecular weight is 208 g/mol. The molecule has 0 spiro atoms. The maximum absolute atomic E-state index is 9.28. The van der Waals surface area contributed by atoms with Crippen molar-refractivity contribution < 1.29 is 5.11 Å². The summed E-state index contributed by atoms with van der Waals surface area (Å²) in [4.78, 5) is 4.10. The molecule has 1 aromatic heterocycles. The van der Waals surface area contributed by atoms with Crippen LogP contribution >= 0.6 is 11.8 Å². The lowest BCUT2D eigenvalue weighted by atomic mass is 10.3. The summed E-state index contributed by atoms with van der Waals surface area (Å²) >= 11 is 1.50. The Hall–Kier alpha value is -1.05. The summed E-state index contributed by atoms with van der Waals surface area (Å²) in [6, 6.07) is 5.53. The van der Waals surface area contributed by atoms with Gasteiger partial charge in [-0.2, -0.15) is 5.26 Å². The van der Waals surface area contributed by atoms with E-state index in [1.54, 1.807) is 19.1 Å². The predicted octanol–water partition coefficient (Wildman–Crippen LogP) is 1.81. The number of pyridine rings is 1. The van der Waals surface area contributed by atoms with Crippen LogP contribution in [0.25, 0.3) is 0 Å². The molecular formula is C10H12N2OS. The summed E-state index contributed by atoms with van der Waals surface area (Å²) in [5.41, 5.74) is 0.555. The fourth-order valence-electron chi connectivity index (χ4n) is 0.805. The molecule has 0 aliphatic carbocycles. The Balaban J connectivity index is 2.65. The van der Waals surface area contributed by atoms with E-state index in [9.17, 15) is 5.11 Å². The van der Waals surface area contributed by atoms with Gasteiger partial charge in [0.05, 0.1) is 16.7 Å². The van der Waals surface area contributed by atoms with E-state index in [2.05, 4.69) is 4.98 Å². The van der Waals surface area contributed by atoms with Crippen LogP contribution in [0.15, 0.2) is 23.4 Å². The highest BCUT2D eigenvalue weighted by molar-refractivity contribution is 7.99. The van der Waals surface area contributed by atoms with E-state index in [1.165, 1.54) is 18.0 Å². The number of hydrogen-bond donors (Lipinski definition) is 1. The Labute approximate surface area is 87.8 Å². The number of thioether (sulfide) groups is 1. The van der Waals surface area contributed by atoms with Gasteiger partial charge in [-0.3, -0.25) is 0 Å². The zero-order chi connectivity index (χ0) is 10.6. The minimum absolute atomic E-state index is 0.107. The molecule has 74 valence electrons. The van der Waals surface area contributed by atoms with Crippen molar-refractivity contribution in [2.24, 2.45) is 0 Å². The zero-order valence-electron chi connectivity index (χ0n) is 8.14. The molecule has 1 heterocycles. The Kier molecular flexibility index (Phi) is 3.93. The number of aliphatic hydroxyl groups excluding tert-OH is 1. The minimum Gasteiger partial charge on any atom is -0.392 e. The van der Waals surface area contributed by atoms with Crippen LogP contribution in [-0.2, 0) is 0 Å². The first-order valence-electron chi connectivity index (χ1n) is 4.34. The second-order valence-corrected chi connectivity index (χ2v) is 4.46. The molecule has 0 saturated heterocycles. The standard InChI is InChI=1S/C10H12N2OS/c1-7(13)8(2)14-10-4-3-9(5-11)6-12-10/h3-4,6-8,13H,1-2H3. The molecule has 0 aliphatic heterocycles. The zero-order valence-corrected chi connectivity index (χ0v) is 8.95. The Morgan fingerprint density at radius 2 is 2.21 bits per heavy atom. The monoisotopic (exact) mass is 208 g/mol. The van der Waals surface area contributed by atoms with E-state index in [0.717, 1.165) is 5.03 Å². The molecule has 0 saturated carbocycles. The molecule has 4 heteroatoms. The third-order valence-corrected chi connectivity index (χ3v) is 3.10. The van der Waals surface area contributed by atoms with Gasteiger partial charge in [0.25, 0.3) is 0 Å². The molecule has 1 N–H and O–H groups in total. The van der Waals surface area contributed by atoms with Gasteiger partial charge in [-0.25, -0.2) is 4.98 Å². The molecule has 0 radical (unpaired) electrons. The number of nitriles is 1. The van der Waals surface area contributed by atoms with E-state index in [1.807, 2.05) is 13.0 Å². The summed E-state index contributed by atoms with van der Waals surface area (Å²) in [6.45, 7) is 3.69. The highest BCUT2D eigenvalue weighted by atomic mass is 32.2. The molecule has 2 atom stereocenters. The van der Waals surface area contributed by atoms with Gasteiger partial charge in [0.2, 0.25) is 0 Å². The molecule has 0 aliphatic rings. The summed E-state index contributed by atoms with van der Waals surface area (Å²) in [5, 5.41) is 18.8. The first-order chi connectivity index (χ1) is 6.63. The molecule has 1 rings (SSSR count). The van der Waals surface area contributed by atoms with E-state index in [0.29, 0.717) is 5.56 Å². The molecule has 0 bridgehead atoms. The molecule has 2 unspecified atom stereocenters. The van der Waals surface area contributed by atoms with Gasteiger partial charge in [-0.15, -0.1) is 11.8 Å². The topological polar surface area (TPSA) is 56.9 Å². The van der Waals surface area contributed by atoms with E-state index >= 15 is 0 Å². The maximum Gasteiger partial charge on any atom is 0.101 e. The van der Waals surface area contributed by atoms with Crippen molar-refractivity contribution in [2.75, 3.05) is 0 Å². The summed E-state index contributed by atoms with van der Waals surface area (Å²) in [6.07, 6.45) is 1.18. The molecule has 14 heavy (non-hydrogen) atoms. The third kappa shape index (κ3) is 3.02. The van der Waals surface area contributed by atoms with Crippen molar-refractivity contribution in [3.8, 4) is 6.07 Å². The van der Waals surface area contributed by atoms with Crippen molar-refractivity contribution in [1.82, 2.24) is 4.98 Å². The lowest BCUT2D eigenvalue weighted by molar-refractivity contribution is 0.196. The highest BCUT2D eigenvalue weighted by Gasteiger charge is 2.10. The van der Waals surface area contributed by atoms with Crippen LogP contribution in [0.4, 0.5) is 0 Å². The SMILES string of the molecule is CC(O)C(C)Sc1ccc(C#N)cn1. The van der Waals surface area contributed by atoms with Gasteiger partial charge in [0, 0.05) is 11.4 Å². The smallest absolute Gasteiger partial charge is 0.101 e. The summed E-state index contributed by atoms with van der Waals surface area (Å²) in [5.74, 6) is 0. The number of rotatable bonds is 3. The van der Waals surface area contributed by atoms with Crippen LogP contribution < -0.4 is 0 Å². The lowest BCUT2D eigenvalue weighted by Crippen LogP contribution is -2.15. The van der Waals surface area contributed by atoms with E-state index in [-0.39, 0.29) is 11.4 Å². The van der Waals surface area contributed by atoms with E-state index < -0.39 is 0 Å². The second kappa shape index (κ2) is 4.99. The van der Waals surface area contributed by atoms with Crippen LogP contribution in [0.3, 0.4) is 0 Å². The Morgan fingerprint density at radius 3 is 2.64 bits per heavy atom. The van der Waals surface area contributed by atoms with Crippen molar-refractivity contribution in [3.05, 3.63) is 23.9 Å². The number of aromatic nitrogens is 1. The van der Waals surface area contributed by atoms with Gasteiger partial charge < -0.3 is 5.11 Å². The Morgan fingerprint density at radius 1 is 1.50 bits per heavy atom. The second-order valence-electron chi connectivity index (χ2n) is 3.06. The van der Waals surface area contributed by atoms with Crippen molar-refractivity contribution in [2.45, 2.75) is 30.2 Å².